The second-order valence-corrected chi connectivity index (χ2v) is 8.17. The van der Waals surface area contributed by atoms with Gasteiger partial charge in [-0.05, 0) is 38.8 Å². The molecule has 0 unspecified atom stereocenters. The zero-order chi connectivity index (χ0) is 18.2. The zero-order valence-electron chi connectivity index (χ0n) is 16.3. The van der Waals surface area contributed by atoms with Crippen molar-refractivity contribution in [1.29, 1.82) is 0 Å². The highest BCUT2D eigenvalue weighted by atomic mass is 16.5. The molecule has 0 amide bonds. The molecule has 0 saturated heterocycles. The molecule has 0 radical (unpaired) electrons. The molecule has 3 rings (SSSR count). The average Bonchev–Trinajstić information content (AvgIpc) is 3.19. The van der Waals surface area contributed by atoms with E-state index in [1.54, 1.807) is 0 Å². The van der Waals surface area contributed by atoms with Crippen LogP contribution in [0.4, 0.5) is 0 Å². The fourth-order valence-corrected chi connectivity index (χ4v) is 4.42. The second-order valence-electron chi connectivity index (χ2n) is 8.17. The van der Waals surface area contributed by atoms with Crippen LogP contribution in [0.15, 0.2) is 24.3 Å². The summed E-state index contributed by atoms with van der Waals surface area (Å²) in [6, 6.07) is 9.49. The summed E-state index contributed by atoms with van der Waals surface area (Å²) in [6.45, 7) is 1.89. The van der Waals surface area contributed by atoms with Crippen molar-refractivity contribution in [1.82, 2.24) is 10.2 Å². The molecule has 26 heavy (non-hydrogen) atoms. The first-order chi connectivity index (χ1) is 12.7. The van der Waals surface area contributed by atoms with E-state index in [-0.39, 0.29) is 0 Å². The van der Waals surface area contributed by atoms with E-state index in [9.17, 15) is 5.11 Å². The van der Waals surface area contributed by atoms with E-state index in [1.807, 2.05) is 12.1 Å². The highest BCUT2D eigenvalue weighted by Crippen LogP contribution is 2.23. The molecule has 2 aliphatic rings. The molecule has 0 aromatic heterocycles. The minimum absolute atomic E-state index is 0.359. The number of aliphatic hydroxyl groups is 1. The van der Waals surface area contributed by atoms with Gasteiger partial charge in [-0.3, -0.25) is 0 Å². The Morgan fingerprint density at radius 2 is 1.77 bits per heavy atom. The number of hydrogen-bond acceptors (Lipinski definition) is 4. The highest BCUT2D eigenvalue weighted by Gasteiger charge is 2.20. The predicted octanol–water partition coefficient (Wildman–Crippen LogP) is 3.72. The maximum atomic E-state index is 10.4. The van der Waals surface area contributed by atoms with Crippen LogP contribution in [0.3, 0.4) is 0 Å². The van der Waals surface area contributed by atoms with Crippen LogP contribution in [0.1, 0.15) is 63.4 Å². The van der Waals surface area contributed by atoms with Gasteiger partial charge in [0.05, 0.1) is 0 Å². The van der Waals surface area contributed by atoms with Gasteiger partial charge in [0.2, 0.25) is 0 Å². The minimum Gasteiger partial charge on any atom is -0.491 e. The van der Waals surface area contributed by atoms with E-state index in [0.29, 0.717) is 25.2 Å². The van der Waals surface area contributed by atoms with E-state index in [2.05, 4.69) is 29.4 Å². The summed E-state index contributed by atoms with van der Waals surface area (Å²) in [5.41, 5.74) is 1.19. The summed E-state index contributed by atoms with van der Waals surface area (Å²) in [5, 5.41) is 14.1. The third-order valence-corrected chi connectivity index (χ3v) is 6.04. The Kier molecular flexibility index (Phi) is 7.78. The molecule has 1 aromatic rings. The van der Waals surface area contributed by atoms with Gasteiger partial charge >= 0.3 is 0 Å². The maximum absolute atomic E-state index is 10.4. The standard InChI is InChI=1S/C22H36N2O2/c1-24(20-12-3-2-4-13-20)16-21(25)17-26-22-14-8-5-9-18(22)15-23-19-10-6-7-11-19/h5,8-9,14,19-21,23,25H,2-4,6-7,10-13,15-17H2,1H3/t21-/m1/s1. The van der Waals surface area contributed by atoms with Crippen LogP contribution < -0.4 is 10.1 Å². The minimum atomic E-state index is -0.447. The molecule has 2 aliphatic carbocycles. The number of benzene rings is 1. The summed E-state index contributed by atoms with van der Waals surface area (Å²) >= 11 is 0. The number of nitrogens with one attached hydrogen (secondary N) is 1. The quantitative estimate of drug-likeness (QED) is 0.704. The van der Waals surface area contributed by atoms with Gasteiger partial charge in [0, 0.05) is 30.7 Å². The third-order valence-electron chi connectivity index (χ3n) is 6.04. The monoisotopic (exact) mass is 360 g/mol. The van der Waals surface area contributed by atoms with Crippen LogP contribution in [0.2, 0.25) is 0 Å². The topological polar surface area (TPSA) is 44.7 Å². The molecule has 0 spiro atoms. The first kappa shape index (κ1) is 19.7. The average molecular weight is 361 g/mol. The van der Waals surface area contributed by atoms with Crippen LogP contribution in [-0.2, 0) is 6.54 Å². The smallest absolute Gasteiger partial charge is 0.123 e. The Morgan fingerprint density at radius 3 is 2.54 bits per heavy atom. The van der Waals surface area contributed by atoms with Gasteiger partial charge in [0.1, 0.15) is 18.5 Å². The fraction of sp³-hybridized carbons (Fsp3) is 0.727. The molecule has 2 fully saturated rings. The van der Waals surface area contributed by atoms with Crippen molar-refractivity contribution >= 4 is 0 Å². The van der Waals surface area contributed by atoms with Crippen molar-refractivity contribution in [2.24, 2.45) is 0 Å². The van der Waals surface area contributed by atoms with E-state index in [1.165, 1.54) is 63.4 Å². The van der Waals surface area contributed by atoms with Crippen molar-refractivity contribution < 1.29 is 9.84 Å². The fourth-order valence-electron chi connectivity index (χ4n) is 4.42. The zero-order valence-corrected chi connectivity index (χ0v) is 16.3. The number of ether oxygens (including phenoxy) is 1. The molecular formula is C22H36N2O2. The molecular weight excluding hydrogens is 324 g/mol. The van der Waals surface area contributed by atoms with Crippen LogP contribution in [0.25, 0.3) is 0 Å². The molecule has 2 saturated carbocycles. The number of hydrogen-bond donors (Lipinski definition) is 2. The summed E-state index contributed by atoms with van der Waals surface area (Å²) in [5.74, 6) is 0.900. The normalized spacial score (nSPS) is 20.6. The van der Waals surface area contributed by atoms with Crippen LogP contribution in [0, 0.1) is 0 Å². The number of nitrogens with zero attached hydrogens (tertiary/aromatic N) is 1. The van der Waals surface area contributed by atoms with Crippen LogP contribution in [0.5, 0.6) is 5.75 Å². The number of para-hydroxylation sites is 1. The van der Waals surface area contributed by atoms with E-state index < -0.39 is 6.10 Å². The van der Waals surface area contributed by atoms with E-state index in [4.69, 9.17) is 4.74 Å². The molecule has 2 N–H and O–H groups in total. The number of aliphatic hydroxyl groups excluding tert-OH is 1. The molecule has 1 atom stereocenters. The molecule has 4 heteroatoms. The Bertz CT molecular complexity index is 525. The Hall–Kier alpha value is -1.10. The molecule has 1 aromatic carbocycles. The van der Waals surface area contributed by atoms with Crippen molar-refractivity contribution in [3.8, 4) is 5.75 Å². The summed E-state index contributed by atoms with van der Waals surface area (Å²) in [6.07, 6.45) is 11.3. The van der Waals surface area contributed by atoms with Crippen LogP contribution in [-0.4, -0.2) is 48.4 Å². The number of rotatable bonds is 9. The summed E-state index contributed by atoms with van der Waals surface area (Å²) < 4.78 is 5.99. The van der Waals surface area contributed by atoms with Gasteiger partial charge in [-0.15, -0.1) is 0 Å². The lowest BCUT2D eigenvalue weighted by Crippen LogP contribution is -2.40. The molecule has 146 valence electrons. The molecule has 0 aliphatic heterocycles. The van der Waals surface area contributed by atoms with Crippen molar-refractivity contribution in [3.05, 3.63) is 29.8 Å². The molecule has 0 bridgehead atoms. The van der Waals surface area contributed by atoms with Gasteiger partial charge < -0.3 is 20.1 Å². The van der Waals surface area contributed by atoms with Gasteiger partial charge in [-0.2, -0.15) is 0 Å². The van der Waals surface area contributed by atoms with Crippen molar-refractivity contribution in [2.75, 3.05) is 20.2 Å². The van der Waals surface area contributed by atoms with Crippen LogP contribution >= 0.6 is 0 Å². The lowest BCUT2D eigenvalue weighted by atomic mass is 9.94. The summed E-state index contributed by atoms with van der Waals surface area (Å²) in [7, 11) is 2.14. The Labute approximate surface area is 158 Å². The lowest BCUT2D eigenvalue weighted by molar-refractivity contribution is 0.0558. The molecule has 4 nitrogen and oxygen atoms in total. The summed E-state index contributed by atoms with van der Waals surface area (Å²) in [4.78, 5) is 2.32. The molecule has 0 heterocycles. The SMILES string of the molecule is CN(C[C@@H](O)COc1ccccc1CNC1CCCC1)C1CCCCC1. The van der Waals surface area contributed by atoms with Gasteiger partial charge in [0.25, 0.3) is 0 Å². The first-order valence-corrected chi connectivity index (χ1v) is 10.5. The van der Waals surface area contributed by atoms with Gasteiger partial charge in [-0.25, -0.2) is 0 Å². The van der Waals surface area contributed by atoms with E-state index in [0.717, 1.165) is 12.3 Å². The van der Waals surface area contributed by atoms with Crippen molar-refractivity contribution in [3.63, 3.8) is 0 Å². The Balaban J connectivity index is 1.44. The Morgan fingerprint density at radius 1 is 1.08 bits per heavy atom. The van der Waals surface area contributed by atoms with Gasteiger partial charge in [0.15, 0.2) is 0 Å². The largest absolute Gasteiger partial charge is 0.491 e. The van der Waals surface area contributed by atoms with E-state index >= 15 is 0 Å². The first-order valence-electron chi connectivity index (χ1n) is 10.5. The number of likely N-dealkylation sites (N-methyl/N-ethyl adjacent to an activating group) is 1. The second kappa shape index (κ2) is 10.3. The van der Waals surface area contributed by atoms with Gasteiger partial charge in [-0.1, -0.05) is 50.3 Å². The van der Waals surface area contributed by atoms with Crippen molar-refractivity contribution in [2.45, 2.75) is 82.5 Å². The highest BCUT2D eigenvalue weighted by molar-refractivity contribution is 5.33. The maximum Gasteiger partial charge on any atom is 0.123 e. The predicted molar refractivity (Wildman–Crippen MR) is 107 cm³/mol. The third kappa shape index (κ3) is 5.97. The lowest BCUT2D eigenvalue weighted by Gasteiger charge is -2.32.